The molecule has 0 radical (unpaired) electrons. The Labute approximate surface area is 137 Å². The summed E-state index contributed by atoms with van der Waals surface area (Å²) in [6, 6.07) is 7.85. The topological polar surface area (TPSA) is 21.3 Å². The normalized spacial score (nSPS) is 17.0. The highest BCUT2D eigenvalue weighted by molar-refractivity contribution is 9.10. The van der Waals surface area contributed by atoms with Gasteiger partial charge < -0.3 is 10.1 Å². The average Bonchev–Trinajstić information content (AvgIpc) is 2.45. The Morgan fingerprint density at radius 1 is 1.10 bits per heavy atom. The number of fused-ring (bicyclic) bond motifs is 1. The number of hydrogen-bond donors (Lipinski definition) is 1. The highest BCUT2D eigenvalue weighted by Crippen LogP contribution is 2.37. The minimum atomic E-state index is -0.500. The first-order chi connectivity index (χ1) is 10.0. The number of halogens is 4. The molecule has 1 aliphatic rings. The van der Waals surface area contributed by atoms with Crippen LogP contribution in [0.4, 0.5) is 14.5 Å². The second-order valence-electron chi connectivity index (χ2n) is 4.76. The summed E-state index contributed by atoms with van der Waals surface area (Å²) in [5, 5.41) is 3.06. The molecule has 110 valence electrons. The smallest absolute Gasteiger partial charge is 0.147 e. The third-order valence-electron chi connectivity index (χ3n) is 3.35. The molecule has 1 unspecified atom stereocenters. The molecule has 21 heavy (non-hydrogen) atoms. The van der Waals surface area contributed by atoms with Gasteiger partial charge in [0, 0.05) is 22.5 Å². The van der Waals surface area contributed by atoms with Gasteiger partial charge in [-0.05, 0) is 40.2 Å². The lowest BCUT2D eigenvalue weighted by Crippen LogP contribution is -2.21. The van der Waals surface area contributed by atoms with E-state index in [0.29, 0.717) is 13.0 Å². The summed E-state index contributed by atoms with van der Waals surface area (Å²) in [5.41, 5.74) is 1.08. The van der Waals surface area contributed by atoms with Gasteiger partial charge in [0.2, 0.25) is 0 Å². The Morgan fingerprint density at radius 3 is 2.71 bits per heavy atom. The van der Waals surface area contributed by atoms with Crippen LogP contribution in [0.25, 0.3) is 0 Å². The quantitative estimate of drug-likeness (QED) is 0.657. The van der Waals surface area contributed by atoms with Gasteiger partial charge in [0.25, 0.3) is 0 Å². The van der Waals surface area contributed by atoms with Gasteiger partial charge in [0.05, 0.1) is 22.8 Å². The van der Waals surface area contributed by atoms with Crippen LogP contribution >= 0.6 is 31.9 Å². The summed E-state index contributed by atoms with van der Waals surface area (Å²) in [7, 11) is 0. The second kappa shape index (κ2) is 5.93. The maximum Gasteiger partial charge on any atom is 0.147 e. The largest absolute Gasteiger partial charge is 0.493 e. The van der Waals surface area contributed by atoms with Crippen LogP contribution in [0, 0.1) is 11.6 Å². The molecule has 0 aliphatic carbocycles. The first-order valence-corrected chi connectivity index (χ1v) is 7.96. The maximum atomic E-state index is 13.9. The van der Waals surface area contributed by atoms with Crippen molar-refractivity contribution < 1.29 is 13.5 Å². The van der Waals surface area contributed by atoms with Gasteiger partial charge in [0.15, 0.2) is 0 Å². The van der Waals surface area contributed by atoms with Gasteiger partial charge in [-0.3, -0.25) is 0 Å². The summed E-state index contributed by atoms with van der Waals surface area (Å²) < 4.78 is 34.1. The molecular weight excluding hydrogens is 408 g/mol. The van der Waals surface area contributed by atoms with E-state index in [9.17, 15) is 8.78 Å². The van der Waals surface area contributed by atoms with E-state index in [4.69, 9.17) is 4.74 Å². The molecule has 0 fully saturated rings. The second-order valence-corrected chi connectivity index (χ2v) is 6.53. The molecule has 1 N–H and O–H groups in total. The summed E-state index contributed by atoms with van der Waals surface area (Å²) in [6.45, 7) is 0.535. The number of hydrogen-bond acceptors (Lipinski definition) is 2. The van der Waals surface area contributed by atoms with Crippen molar-refractivity contribution >= 4 is 37.5 Å². The van der Waals surface area contributed by atoms with Crippen LogP contribution in [0.15, 0.2) is 39.3 Å². The van der Waals surface area contributed by atoms with Gasteiger partial charge in [-0.2, -0.15) is 0 Å². The number of rotatable bonds is 2. The Kier molecular flexibility index (Phi) is 4.17. The lowest BCUT2D eigenvalue weighted by molar-refractivity contribution is 0.274. The minimum Gasteiger partial charge on any atom is -0.493 e. The first kappa shape index (κ1) is 14.8. The molecule has 0 spiro atoms. The standard InChI is InChI=1S/C15H11Br2F2NO/c16-8-1-2-15-9(5-8)13(3-4-21-15)20-14-7-11(18)10(17)6-12(14)19/h1-2,5-7,13,20H,3-4H2. The summed E-state index contributed by atoms with van der Waals surface area (Å²) in [5.74, 6) is -0.230. The van der Waals surface area contributed by atoms with E-state index < -0.39 is 11.6 Å². The number of nitrogens with one attached hydrogen (secondary N) is 1. The summed E-state index contributed by atoms with van der Waals surface area (Å²) >= 11 is 6.39. The zero-order valence-electron chi connectivity index (χ0n) is 10.8. The fourth-order valence-electron chi connectivity index (χ4n) is 2.34. The fourth-order valence-corrected chi connectivity index (χ4v) is 3.03. The van der Waals surface area contributed by atoms with Gasteiger partial charge in [-0.15, -0.1) is 0 Å². The van der Waals surface area contributed by atoms with Crippen LogP contribution < -0.4 is 10.1 Å². The Hall–Kier alpha value is -1.14. The van der Waals surface area contributed by atoms with Gasteiger partial charge >= 0.3 is 0 Å². The molecule has 0 amide bonds. The minimum absolute atomic E-state index is 0.112. The van der Waals surface area contributed by atoms with Crippen LogP contribution in [-0.2, 0) is 0 Å². The Bertz CT molecular complexity index is 694. The van der Waals surface area contributed by atoms with E-state index in [1.807, 2.05) is 18.2 Å². The molecule has 2 aromatic carbocycles. The van der Waals surface area contributed by atoms with E-state index >= 15 is 0 Å². The molecule has 6 heteroatoms. The van der Waals surface area contributed by atoms with Gasteiger partial charge in [0.1, 0.15) is 17.4 Å². The van der Waals surface area contributed by atoms with Gasteiger partial charge in [-0.25, -0.2) is 8.78 Å². The summed E-state index contributed by atoms with van der Waals surface area (Å²) in [4.78, 5) is 0. The van der Waals surface area contributed by atoms with Crippen molar-refractivity contribution in [3.8, 4) is 5.75 Å². The Morgan fingerprint density at radius 2 is 1.90 bits per heavy atom. The van der Waals surface area contributed by atoms with E-state index in [-0.39, 0.29) is 16.2 Å². The number of anilines is 1. The monoisotopic (exact) mass is 417 g/mol. The third-order valence-corrected chi connectivity index (χ3v) is 4.45. The zero-order valence-corrected chi connectivity index (χ0v) is 14.0. The third kappa shape index (κ3) is 3.06. The van der Waals surface area contributed by atoms with Crippen molar-refractivity contribution in [1.29, 1.82) is 0 Å². The molecule has 2 aromatic rings. The van der Waals surface area contributed by atoms with Crippen molar-refractivity contribution in [2.75, 3.05) is 11.9 Å². The molecular formula is C15H11Br2F2NO. The lowest BCUT2D eigenvalue weighted by atomic mass is 10.0. The molecule has 0 saturated heterocycles. The molecule has 2 nitrogen and oxygen atoms in total. The van der Waals surface area contributed by atoms with Crippen molar-refractivity contribution in [3.05, 3.63) is 56.5 Å². The first-order valence-electron chi connectivity index (χ1n) is 6.38. The molecule has 1 atom stereocenters. The van der Waals surface area contributed by atoms with Crippen molar-refractivity contribution in [3.63, 3.8) is 0 Å². The average molecular weight is 419 g/mol. The fraction of sp³-hybridized carbons (Fsp3) is 0.200. The number of benzene rings is 2. The van der Waals surface area contributed by atoms with Crippen LogP contribution in [0.5, 0.6) is 5.75 Å². The predicted molar refractivity (Wildman–Crippen MR) is 84.7 cm³/mol. The van der Waals surface area contributed by atoms with Crippen molar-refractivity contribution in [2.24, 2.45) is 0 Å². The van der Waals surface area contributed by atoms with E-state index in [2.05, 4.69) is 37.2 Å². The van der Waals surface area contributed by atoms with Crippen molar-refractivity contribution in [2.45, 2.75) is 12.5 Å². The summed E-state index contributed by atoms with van der Waals surface area (Å²) in [6.07, 6.45) is 0.681. The van der Waals surface area contributed by atoms with Crippen molar-refractivity contribution in [1.82, 2.24) is 0 Å². The van der Waals surface area contributed by atoms with Crippen LogP contribution in [-0.4, -0.2) is 6.61 Å². The molecule has 1 aliphatic heterocycles. The highest BCUT2D eigenvalue weighted by Gasteiger charge is 2.23. The van der Waals surface area contributed by atoms with Crippen LogP contribution in [0.1, 0.15) is 18.0 Å². The molecule has 0 bridgehead atoms. The molecule has 3 rings (SSSR count). The van der Waals surface area contributed by atoms with Gasteiger partial charge in [-0.1, -0.05) is 15.9 Å². The predicted octanol–water partition coefficient (Wildman–Crippen LogP) is 5.43. The van der Waals surface area contributed by atoms with Crippen LogP contribution in [0.2, 0.25) is 0 Å². The number of ether oxygens (including phenoxy) is 1. The Balaban J connectivity index is 1.93. The lowest BCUT2D eigenvalue weighted by Gasteiger charge is -2.28. The highest BCUT2D eigenvalue weighted by atomic mass is 79.9. The zero-order chi connectivity index (χ0) is 15.0. The molecule has 1 heterocycles. The molecule has 0 saturated carbocycles. The SMILES string of the molecule is Fc1cc(NC2CCOc3ccc(Br)cc32)c(F)cc1Br. The molecule has 0 aromatic heterocycles. The van der Waals surface area contributed by atoms with E-state index in [1.54, 1.807) is 0 Å². The maximum absolute atomic E-state index is 13.9. The van der Waals surface area contributed by atoms with E-state index in [1.165, 1.54) is 0 Å². The van der Waals surface area contributed by atoms with E-state index in [0.717, 1.165) is 27.9 Å². The van der Waals surface area contributed by atoms with Crippen LogP contribution in [0.3, 0.4) is 0 Å².